The van der Waals surface area contributed by atoms with Gasteiger partial charge >= 0.3 is 0 Å². The smallest absolute Gasteiger partial charge is 0.244 e. The summed E-state index contributed by atoms with van der Waals surface area (Å²) in [6.45, 7) is 1.68. The molecule has 0 bridgehead atoms. The van der Waals surface area contributed by atoms with E-state index in [4.69, 9.17) is 10.2 Å². The molecule has 0 radical (unpaired) electrons. The summed E-state index contributed by atoms with van der Waals surface area (Å²) in [6.07, 6.45) is 10.5. The third-order valence-electron chi connectivity index (χ3n) is 3.03. The maximum atomic E-state index is 10.9. The zero-order chi connectivity index (χ0) is 12.3. The lowest BCUT2D eigenvalue weighted by molar-refractivity contribution is -0.114. The van der Waals surface area contributed by atoms with E-state index in [-0.39, 0.29) is 0 Å². The summed E-state index contributed by atoms with van der Waals surface area (Å²) >= 11 is 0. The molecule has 3 heteroatoms. The van der Waals surface area contributed by atoms with E-state index in [1.807, 2.05) is 6.07 Å². The van der Waals surface area contributed by atoms with Gasteiger partial charge in [-0.1, -0.05) is 6.08 Å². The van der Waals surface area contributed by atoms with Crippen LogP contribution in [0.15, 0.2) is 28.4 Å². The maximum absolute atomic E-state index is 10.9. The Labute approximate surface area is 101 Å². The van der Waals surface area contributed by atoms with E-state index >= 15 is 0 Å². The lowest BCUT2D eigenvalue weighted by atomic mass is 9.95. The highest BCUT2D eigenvalue weighted by atomic mass is 16.3. The quantitative estimate of drug-likeness (QED) is 0.812. The first-order valence-corrected chi connectivity index (χ1v) is 5.93. The molecule has 3 nitrogen and oxygen atoms in total. The normalized spacial score (nSPS) is 16.8. The van der Waals surface area contributed by atoms with Crippen molar-refractivity contribution in [3.63, 3.8) is 0 Å². The van der Waals surface area contributed by atoms with Crippen LogP contribution in [0.1, 0.15) is 43.9 Å². The Hall–Kier alpha value is -1.77. The minimum Gasteiger partial charge on any atom is -0.464 e. The fraction of sp³-hybridized carbons (Fsp3) is 0.357. The molecular formula is C14H17NO2. The van der Waals surface area contributed by atoms with Gasteiger partial charge in [0.15, 0.2) is 0 Å². The van der Waals surface area contributed by atoms with Crippen LogP contribution in [-0.2, 0) is 4.79 Å². The van der Waals surface area contributed by atoms with Crippen molar-refractivity contribution in [2.24, 2.45) is 5.73 Å². The zero-order valence-electron chi connectivity index (χ0n) is 10.0. The second kappa shape index (κ2) is 5.04. The van der Waals surface area contributed by atoms with Crippen molar-refractivity contribution in [2.45, 2.75) is 32.6 Å². The minimum atomic E-state index is -0.417. The molecule has 1 aliphatic rings. The molecule has 0 fully saturated rings. The van der Waals surface area contributed by atoms with Gasteiger partial charge in [-0.3, -0.25) is 4.79 Å². The van der Waals surface area contributed by atoms with E-state index in [2.05, 4.69) is 6.08 Å². The van der Waals surface area contributed by atoms with E-state index in [9.17, 15) is 4.79 Å². The lowest BCUT2D eigenvalue weighted by Gasteiger charge is -2.09. The van der Waals surface area contributed by atoms with Crippen molar-refractivity contribution in [3.8, 4) is 0 Å². The average molecular weight is 231 g/mol. The second-order valence-electron chi connectivity index (χ2n) is 4.40. The molecule has 1 aromatic heterocycles. The largest absolute Gasteiger partial charge is 0.464 e. The number of furan rings is 1. The van der Waals surface area contributed by atoms with Crippen molar-refractivity contribution in [3.05, 3.63) is 35.3 Å². The Bertz CT molecular complexity index is 480. The summed E-state index contributed by atoms with van der Waals surface area (Å²) in [6, 6.07) is 1.96. The molecule has 0 atom stereocenters. The molecule has 0 spiro atoms. The van der Waals surface area contributed by atoms with E-state index in [0.29, 0.717) is 11.3 Å². The molecule has 0 saturated heterocycles. The van der Waals surface area contributed by atoms with Gasteiger partial charge in [0.2, 0.25) is 5.91 Å². The van der Waals surface area contributed by atoms with Crippen LogP contribution in [0.4, 0.5) is 0 Å². The number of primary amides is 1. The van der Waals surface area contributed by atoms with Crippen molar-refractivity contribution in [1.29, 1.82) is 0 Å². The summed E-state index contributed by atoms with van der Waals surface area (Å²) in [5.74, 6) is 0.266. The summed E-state index contributed by atoms with van der Waals surface area (Å²) in [4.78, 5) is 10.9. The number of carbonyl (C=O) groups excluding carboxylic acids is 1. The first kappa shape index (κ1) is 11.7. The Kier molecular flexibility index (Phi) is 3.47. The van der Waals surface area contributed by atoms with Crippen molar-refractivity contribution >= 4 is 17.6 Å². The number of hydrogen-bond donors (Lipinski definition) is 1. The number of hydrogen-bond acceptors (Lipinski definition) is 2. The molecule has 0 unspecified atom stereocenters. The van der Waals surface area contributed by atoms with Gasteiger partial charge in [0.05, 0.1) is 6.26 Å². The molecule has 0 aliphatic heterocycles. The number of allylic oxidation sites excluding steroid dienone is 2. The Morgan fingerprint density at radius 1 is 1.47 bits per heavy atom. The van der Waals surface area contributed by atoms with Crippen molar-refractivity contribution in [1.82, 2.24) is 0 Å². The highest BCUT2D eigenvalue weighted by Crippen LogP contribution is 2.28. The van der Waals surface area contributed by atoms with Crippen LogP contribution in [0.25, 0.3) is 11.6 Å². The molecule has 0 aromatic carbocycles. The predicted molar refractivity (Wildman–Crippen MR) is 68.0 cm³/mol. The number of rotatable bonds is 3. The van der Waals surface area contributed by atoms with Crippen LogP contribution in [0.5, 0.6) is 0 Å². The number of nitrogens with two attached hydrogens (primary N) is 1. The second-order valence-corrected chi connectivity index (χ2v) is 4.40. The van der Waals surface area contributed by atoms with Crippen LogP contribution < -0.4 is 5.73 Å². The number of carbonyl (C=O) groups is 1. The SMILES string of the molecule is C/C(=C\c1cc(C2=CCCCC2)co1)C(N)=O. The molecule has 90 valence electrons. The molecule has 1 heterocycles. The molecule has 2 rings (SSSR count). The third-order valence-corrected chi connectivity index (χ3v) is 3.03. The van der Waals surface area contributed by atoms with Gasteiger partial charge in [0.25, 0.3) is 0 Å². The third kappa shape index (κ3) is 2.87. The van der Waals surface area contributed by atoms with Crippen molar-refractivity contribution in [2.75, 3.05) is 0 Å². The number of amides is 1. The molecule has 2 N–H and O–H groups in total. The summed E-state index contributed by atoms with van der Waals surface area (Å²) in [5.41, 5.74) is 8.14. The van der Waals surface area contributed by atoms with E-state index in [1.165, 1.54) is 18.4 Å². The fourth-order valence-electron chi connectivity index (χ4n) is 1.98. The molecule has 1 aliphatic carbocycles. The van der Waals surface area contributed by atoms with E-state index in [1.54, 1.807) is 19.3 Å². The van der Waals surface area contributed by atoms with Gasteiger partial charge in [-0.2, -0.15) is 0 Å². The van der Waals surface area contributed by atoms with Crippen LogP contribution >= 0.6 is 0 Å². The lowest BCUT2D eigenvalue weighted by Crippen LogP contribution is -2.11. The summed E-state index contributed by atoms with van der Waals surface area (Å²) in [7, 11) is 0. The van der Waals surface area contributed by atoms with Gasteiger partial charge in [-0.25, -0.2) is 0 Å². The van der Waals surface area contributed by atoms with Gasteiger partial charge < -0.3 is 10.2 Å². The van der Waals surface area contributed by atoms with Gasteiger partial charge in [-0.05, 0) is 50.3 Å². The first-order valence-electron chi connectivity index (χ1n) is 5.93. The van der Waals surface area contributed by atoms with Gasteiger partial charge in [0, 0.05) is 11.1 Å². The Morgan fingerprint density at radius 3 is 2.94 bits per heavy atom. The molecule has 1 aromatic rings. The van der Waals surface area contributed by atoms with Crippen LogP contribution in [0.2, 0.25) is 0 Å². The summed E-state index contributed by atoms with van der Waals surface area (Å²) < 4.78 is 5.41. The highest BCUT2D eigenvalue weighted by molar-refractivity contribution is 5.95. The molecule has 17 heavy (non-hydrogen) atoms. The highest BCUT2D eigenvalue weighted by Gasteiger charge is 2.09. The first-order chi connectivity index (χ1) is 8.16. The van der Waals surface area contributed by atoms with Gasteiger partial charge in [0.1, 0.15) is 5.76 Å². The van der Waals surface area contributed by atoms with Crippen molar-refractivity contribution < 1.29 is 9.21 Å². The molecular weight excluding hydrogens is 214 g/mol. The van der Waals surface area contributed by atoms with Gasteiger partial charge in [-0.15, -0.1) is 0 Å². The Morgan fingerprint density at radius 2 is 2.29 bits per heavy atom. The molecule has 1 amide bonds. The topological polar surface area (TPSA) is 56.2 Å². The average Bonchev–Trinajstić information content (AvgIpc) is 2.78. The zero-order valence-corrected chi connectivity index (χ0v) is 10.0. The standard InChI is InChI=1S/C14H17NO2/c1-10(14(15)16)7-13-8-12(9-17-13)11-5-3-2-4-6-11/h5,7-9H,2-4,6H2,1H3,(H2,15,16)/b10-7+. The molecule has 0 saturated carbocycles. The van der Waals surface area contributed by atoms with Crippen LogP contribution in [-0.4, -0.2) is 5.91 Å². The minimum absolute atomic E-state index is 0.417. The van der Waals surface area contributed by atoms with Crippen LogP contribution in [0, 0.1) is 0 Å². The monoisotopic (exact) mass is 231 g/mol. The van der Waals surface area contributed by atoms with E-state index < -0.39 is 5.91 Å². The summed E-state index contributed by atoms with van der Waals surface area (Å²) in [5, 5.41) is 0. The van der Waals surface area contributed by atoms with E-state index in [0.717, 1.165) is 18.4 Å². The predicted octanol–water partition coefficient (Wildman–Crippen LogP) is 3.13. The Balaban J connectivity index is 2.18. The maximum Gasteiger partial charge on any atom is 0.244 e. The van der Waals surface area contributed by atoms with Crippen LogP contribution in [0.3, 0.4) is 0 Å². The fourth-order valence-corrected chi connectivity index (χ4v) is 1.98.